The summed E-state index contributed by atoms with van der Waals surface area (Å²) in [6.45, 7) is 2.65. The van der Waals surface area contributed by atoms with Crippen LogP contribution in [-0.4, -0.2) is 17.5 Å². The second-order valence-corrected chi connectivity index (χ2v) is 4.99. The lowest BCUT2D eigenvalue weighted by molar-refractivity contribution is 0.102. The molecule has 0 aliphatic heterocycles. The molecule has 0 unspecified atom stereocenters. The van der Waals surface area contributed by atoms with Crippen LogP contribution in [0, 0.1) is 0 Å². The second-order valence-electron chi connectivity index (χ2n) is 4.13. The summed E-state index contributed by atoms with van der Waals surface area (Å²) in [5.74, 6) is 0.389. The van der Waals surface area contributed by atoms with Crippen molar-refractivity contribution in [3.8, 4) is 5.75 Å². The largest absolute Gasteiger partial charge is 0.491 e. The van der Waals surface area contributed by atoms with Crippen LogP contribution in [0.3, 0.4) is 0 Å². The third-order valence-electron chi connectivity index (χ3n) is 2.57. The molecule has 1 aromatic heterocycles. The van der Waals surface area contributed by atoms with Crippen molar-refractivity contribution in [1.82, 2.24) is 4.98 Å². The number of halogens is 1. The van der Waals surface area contributed by atoms with Crippen molar-refractivity contribution >= 4 is 27.5 Å². The maximum absolute atomic E-state index is 12.2. The van der Waals surface area contributed by atoms with E-state index in [9.17, 15) is 4.79 Å². The Balaban J connectivity index is 2.18. The Morgan fingerprint density at radius 2 is 2.10 bits per heavy atom. The minimum absolute atomic E-state index is 0.273. The molecule has 20 heavy (non-hydrogen) atoms. The molecule has 1 N–H and O–H groups in total. The maximum atomic E-state index is 12.2. The van der Waals surface area contributed by atoms with E-state index in [0.717, 1.165) is 6.42 Å². The van der Waals surface area contributed by atoms with Crippen LogP contribution in [0.15, 0.2) is 47.1 Å². The monoisotopic (exact) mass is 334 g/mol. The average Bonchev–Trinajstić information content (AvgIpc) is 2.46. The Labute approximate surface area is 126 Å². The summed E-state index contributed by atoms with van der Waals surface area (Å²) in [6, 6.07) is 10.9. The first kappa shape index (κ1) is 14.5. The molecule has 5 heteroatoms. The highest BCUT2D eigenvalue weighted by Crippen LogP contribution is 2.25. The van der Waals surface area contributed by atoms with Gasteiger partial charge < -0.3 is 10.1 Å². The fraction of sp³-hybridized carbons (Fsp3) is 0.200. The van der Waals surface area contributed by atoms with E-state index in [1.807, 2.05) is 25.1 Å². The van der Waals surface area contributed by atoms with E-state index in [0.29, 0.717) is 28.2 Å². The second kappa shape index (κ2) is 7.05. The van der Waals surface area contributed by atoms with Crippen LogP contribution in [0.5, 0.6) is 5.75 Å². The summed E-state index contributed by atoms with van der Waals surface area (Å²) in [7, 11) is 0. The Morgan fingerprint density at radius 3 is 2.85 bits per heavy atom. The first-order valence-electron chi connectivity index (χ1n) is 6.36. The van der Waals surface area contributed by atoms with Crippen LogP contribution >= 0.6 is 15.9 Å². The molecule has 1 amide bonds. The molecule has 0 bridgehead atoms. The van der Waals surface area contributed by atoms with Crippen molar-refractivity contribution in [2.24, 2.45) is 0 Å². The van der Waals surface area contributed by atoms with Crippen LogP contribution < -0.4 is 10.1 Å². The number of hydrogen-bond donors (Lipinski definition) is 1. The number of carbonyl (C=O) groups is 1. The molecule has 0 saturated heterocycles. The molecule has 0 atom stereocenters. The first-order valence-corrected chi connectivity index (χ1v) is 7.15. The number of amides is 1. The van der Waals surface area contributed by atoms with E-state index in [2.05, 4.69) is 26.2 Å². The molecular weight excluding hydrogens is 320 g/mol. The zero-order valence-electron chi connectivity index (χ0n) is 11.1. The normalized spacial score (nSPS) is 10.1. The lowest BCUT2D eigenvalue weighted by Crippen LogP contribution is -2.15. The molecule has 0 radical (unpaired) electrons. The number of para-hydroxylation sites is 2. The van der Waals surface area contributed by atoms with Gasteiger partial charge in [0.2, 0.25) is 0 Å². The Morgan fingerprint density at radius 1 is 1.30 bits per heavy atom. The molecule has 0 aliphatic rings. The predicted octanol–water partition coefficient (Wildman–Crippen LogP) is 3.89. The van der Waals surface area contributed by atoms with Gasteiger partial charge in [0.15, 0.2) is 0 Å². The van der Waals surface area contributed by atoms with Crippen molar-refractivity contribution in [2.75, 3.05) is 11.9 Å². The maximum Gasteiger partial charge on any atom is 0.275 e. The van der Waals surface area contributed by atoms with Gasteiger partial charge in [0.25, 0.3) is 5.91 Å². The number of rotatable bonds is 5. The number of pyridine rings is 1. The van der Waals surface area contributed by atoms with Gasteiger partial charge in [-0.25, -0.2) is 4.98 Å². The number of carbonyl (C=O) groups excluding carboxylic acids is 1. The standard InChI is InChI=1S/C15H15BrN2O2/c1-2-10-20-13-8-4-3-7-12(13)18-15(19)14-11(16)6-5-9-17-14/h3-9H,2,10H2,1H3,(H,18,19). The van der Waals surface area contributed by atoms with E-state index in [1.54, 1.807) is 24.4 Å². The minimum atomic E-state index is -0.273. The molecular formula is C15H15BrN2O2. The molecule has 2 rings (SSSR count). The van der Waals surface area contributed by atoms with Crippen LogP contribution in [0.25, 0.3) is 0 Å². The smallest absolute Gasteiger partial charge is 0.275 e. The lowest BCUT2D eigenvalue weighted by atomic mass is 10.2. The third-order valence-corrected chi connectivity index (χ3v) is 3.21. The average molecular weight is 335 g/mol. The number of aromatic nitrogens is 1. The highest BCUT2D eigenvalue weighted by molar-refractivity contribution is 9.10. The lowest BCUT2D eigenvalue weighted by Gasteiger charge is -2.12. The van der Waals surface area contributed by atoms with Gasteiger partial charge in [-0.3, -0.25) is 4.79 Å². The van der Waals surface area contributed by atoms with Gasteiger partial charge in [-0.05, 0) is 46.6 Å². The van der Waals surface area contributed by atoms with Crippen molar-refractivity contribution in [1.29, 1.82) is 0 Å². The van der Waals surface area contributed by atoms with Gasteiger partial charge in [0.05, 0.1) is 12.3 Å². The molecule has 0 aliphatic carbocycles. The molecule has 0 saturated carbocycles. The van der Waals surface area contributed by atoms with Gasteiger partial charge in [0.1, 0.15) is 11.4 Å². The van der Waals surface area contributed by atoms with Gasteiger partial charge in [-0.1, -0.05) is 19.1 Å². The summed E-state index contributed by atoms with van der Waals surface area (Å²) in [5.41, 5.74) is 0.987. The SMILES string of the molecule is CCCOc1ccccc1NC(=O)c1ncccc1Br. The van der Waals surface area contributed by atoms with E-state index >= 15 is 0 Å². The van der Waals surface area contributed by atoms with Gasteiger partial charge >= 0.3 is 0 Å². The summed E-state index contributed by atoms with van der Waals surface area (Å²) >= 11 is 3.32. The van der Waals surface area contributed by atoms with E-state index in [-0.39, 0.29) is 5.91 Å². The van der Waals surface area contributed by atoms with Crippen LogP contribution in [0.2, 0.25) is 0 Å². The zero-order valence-corrected chi connectivity index (χ0v) is 12.7. The summed E-state index contributed by atoms with van der Waals surface area (Å²) in [5, 5.41) is 2.82. The fourth-order valence-corrected chi connectivity index (χ4v) is 2.08. The van der Waals surface area contributed by atoms with Crippen molar-refractivity contribution in [2.45, 2.75) is 13.3 Å². The Kier molecular flexibility index (Phi) is 5.12. The Hall–Kier alpha value is -1.88. The number of nitrogens with one attached hydrogen (secondary N) is 1. The van der Waals surface area contributed by atoms with Gasteiger partial charge in [0, 0.05) is 10.7 Å². The first-order chi connectivity index (χ1) is 9.72. The highest BCUT2D eigenvalue weighted by atomic mass is 79.9. The van der Waals surface area contributed by atoms with Crippen molar-refractivity contribution in [3.05, 3.63) is 52.8 Å². The fourth-order valence-electron chi connectivity index (χ4n) is 1.64. The van der Waals surface area contributed by atoms with Crippen LogP contribution in [0.4, 0.5) is 5.69 Å². The van der Waals surface area contributed by atoms with Crippen molar-refractivity contribution in [3.63, 3.8) is 0 Å². The summed E-state index contributed by atoms with van der Waals surface area (Å²) in [6.07, 6.45) is 2.49. The number of hydrogen-bond acceptors (Lipinski definition) is 3. The van der Waals surface area contributed by atoms with E-state index in [4.69, 9.17) is 4.74 Å². The quantitative estimate of drug-likeness (QED) is 0.902. The van der Waals surface area contributed by atoms with Gasteiger partial charge in [-0.15, -0.1) is 0 Å². The number of benzene rings is 1. The topological polar surface area (TPSA) is 51.2 Å². The number of anilines is 1. The number of nitrogens with zero attached hydrogens (tertiary/aromatic N) is 1. The minimum Gasteiger partial charge on any atom is -0.491 e. The molecule has 4 nitrogen and oxygen atoms in total. The third kappa shape index (κ3) is 3.57. The molecule has 104 valence electrons. The van der Waals surface area contributed by atoms with E-state index < -0.39 is 0 Å². The number of ether oxygens (including phenoxy) is 1. The molecule has 2 aromatic rings. The van der Waals surface area contributed by atoms with Crippen molar-refractivity contribution < 1.29 is 9.53 Å². The zero-order chi connectivity index (χ0) is 14.4. The Bertz CT molecular complexity index is 602. The molecule has 0 spiro atoms. The predicted molar refractivity (Wildman–Crippen MR) is 82.1 cm³/mol. The summed E-state index contributed by atoms with van der Waals surface area (Å²) in [4.78, 5) is 16.3. The van der Waals surface area contributed by atoms with Crippen LogP contribution in [0.1, 0.15) is 23.8 Å². The molecule has 0 fully saturated rings. The van der Waals surface area contributed by atoms with E-state index in [1.165, 1.54) is 0 Å². The highest BCUT2D eigenvalue weighted by Gasteiger charge is 2.13. The summed E-state index contributed by atoms with van der Waals surface area (Å²) < 4.78 is 6.26. The molecule has 1 heterocycles. The molecule has 1 aromatic carbocycles. The van der Waals surface area contributed by atoms with Gasteiger partial charge in [-0.2, -0.15) is 0 Å². The van der Waals surface area contributed by atoms with Crippen LogP contribution in [-0.2, 0) is 0 Å².